The molecule has 1 aliphatic rings. The number of carbonyl (C=O) groups is 1. The normalized spacial score (nSPS) is 17.3. The van der Waals surface area contributed by atoms with Gasteiger partial charge in [0, 0.05) is 37.6 Å². The molecule has 0 spiro atoms. The highest BCUT2D eigenvalue weighted by Crippen LogP contribution is 2.29. The van der Waals surface area contributed by atoms with E-state index in [1.165, 1.54) is 23.5 Å². The Morgan fingerprint density at radius 1 is 1.17 bits per heavy atom. The number of benzene rings is 1. The van der Waals surface area contributed by atoms with E-state index in [1.54, 1.807) is 0 Å². The number of nitrogens with zero attached hydrogens (tertiary/aromatic N) is 3. The van der Waals surface area contributed by atoms with Gasteiger partial charge in [-0.05, 0) is 38.5 Å². The Labute approximate surface area is 172 Å². The molecule has 1 aliphatic heterocycles. The smallest absolute Gasteiger partial charge is 0.301 e. The fourth-order valence-corrected chi connectivity index (χ4v) is 4.09. The topological polar surface area (TPSA) is 48.5 Å². The van der Waals surface area contributed by atoms with E-state index in [9.17, 15) is 18.0 Å². The van der Waals surface area contributed by atoms with E-state index in [0.29, 0.717) is 11.7 Å². The van der Waals surface area contributed by atoms with Crippen molar-refractivity contribution in [3.8, 4) is 0 Å². The van der Waals surface area contributed by atoms with Crippen molar-refractivity contribution >= 4 is 22.4 Å². The number of thiazole rings is 1. The molecule has 158 valence electrons. The molecule has 1 atom stereocenters. The Kier molecular flexibility index (Phi) is 6.60. The van der Waals surface area contributed by atoms with Crippen LogP contribution in [0.3, 0.4) is 0 Å². The second kappa shape index (κ2) is 8.81. The minimum Gasteiger partial charge on any atom is -0.301 e. The Hall–Kier alpha value is -1.97. The van der Waals surface area contributed by atoms with Crippen molar-refractivity contribution in [1.29, 1.82) is 0 Å². The number of alkyl halides is 3. The van der Waals surface area contributed by atoms with Crippen LogP contribution in [0.5, 0.6) is 0 Å². The SMILES string of the molecule is Cc1nc(NC(=O)C(C)N2CCN(Cc3ccc(C(F)(F)F)cc3)CC2)sc1C. The lowest BCUT2D eigenvalue weighted by molar-refractivity contribution is -0.137. The number of hydrogen-bond donors (Lipinski definition) is 1. The van der Waals surface area contributed by atoms with Crippen LogP contribution in [0.1, 0.15) is 28.6 Å². The maximum Gasteiger partial charge on any atom is 0.416 e. The highest BCUT2D eigenvalue weighted by atomic mass is 32.1. The summed E-state index contributed by atoms with van der Waals surface area (Å²) in [5.74, 6) is -0.0741. The van der Waals surface area contributed by atoms with Gasteiger partial charge in [-0.15, -0.1) is 11.3 Å². The number of carbonyl (C=O) groups excluding carboxylic acids is 1. The second-order valence-electron chi connectivity index (χ2n) is 7.33. The van der Waals surface area contributed by atoms with Crippen LogP contribution in [0.2, 0.25) is 0 Å². The van der Waals surface area contributed by atoms with Gasteiger partial charge in [0.05, 0.1) is 17.3 Å². The molecule has 2 aromatic rings. The van der Waals surface area contributed by atoms with E-state index in [2.05, 4.69) is 20.1 Å². The summed E-state index contributed by atoms with van der Waals surface area (Å²) >= 11 is 1.47. The molecule has 1 saturated heterocycles. The molecule has 9 heteroatoms. The Balaban J connectivity index is 1.48. The molecule has 5 nitrogen and oxygen atoms in total. The Morgan fingerprint density at radius 2 is 1.79 bits per heavy atom. The quantitative estimate of drug-likeness (QED) is 0.787. The van der Waals surface area contributed by atoms with Crippen LogP contribution < -0.4 is 5.32 Å². The van der Waals surface area contributed by atoms with Crippen molar-refractivity contribution in [2.75, 3.05) is 31.5 Å². The van der Waals surface area contributed by atoms with Crippen molar-refractivity contribution in [2.45, 2.75) is 39.5 Å². The highest BCUT2D eigenvalue weighted by molar-refractivity contribution is 7.15. The molecule has 2 heterocycles. The summed E-state index contributed by atoms with van der Waals surface area (Å²) in [7, 11) is 0. The maximum atomic E-state index is 12.7. The summed E-state index contributed by atoms with van der Waals surface area (Å²) in [6.45, 7) is 9.35. The van der Waals surface area contributed by atoms with Gasteiger partial charge in [0.25, 0.3) is 0 Å². The second-order valence-corrected chi connectivity index (χ2v) is 8.54. The van der Waals surface area contributed by atoms with Crippen molar-refractivity contribution in [3.63, 3.8) is 0 Å². The molecule has 1 fully saturated rings. The molecule has 1 unspecified atom stereocenters. The maximum absolute atomic E-state index is 12.7. The van der Waals surface area contributed by atoms with E-state index in [4.69, 9.17) is 0 Å². The molecule has 0 radical (unpaired) electrons. The molecule has 1 aromatic heterocycles. The molecule has 29 heavy (non-hydrogen) atoms. The van der Waals surface area contributed by atoms with Crippen molar-refractivity contribution in [1.82, 2.24) is 14.8 Å². The van der Waals surface area contributed by atoms with Crippen molar-refractivity contribution in [3.05, 3.63) is 46.0 Å². The summed E-state index contributed by atoms with van der Waals surface area (Å²) in [6, 6.07) is 5.04. The number of amides is 1. The molecule has 1 N–H and O–H groups in total. The zero-order valence-electron chi connectivity index (χ0n) is 16.7. The van der Waals surface area contributed by atoms with E-state index < -0.39 is 11.7 Å². The molecule has 0 saturated carbocycles. The molecule has 1 amide bonds. The lowest BCUT2D eigenvalue weighted by Crippen LogP contribution is -2.52. The zero-order valence-corrected chi connectivity index (χ0v) is 17.5. The predicted molar refractivity (Wildman–Crippen MR) is 108 cm³/mol. The van der Waals surface area contributed by atoms with Crippen LogP contribution in [0.15, 0.2) is 24.3 Å². The number of halogens is 3. The van der Waals surface area contributed by atoms with Gasteiger partial charge >= 0.3 is 6.18 Å². The van der Waals surface area contributed by atoms with Crippen LogP contribution in [0, 0.1) is 13.8 Å². The first-order valence-electron chi connectivity index (χ1n) is 9.51. The minimum absolute atomic E-state index is 0.0741. The summed E-state index contributed by atoms with van der Waals surface area (Å²) in [5.41, 5.74) is 1.15. The van der Waals surface area contributed by atoms with Crippen LogP contribution >= 0.6 is 11.3 Å². The average Bonchev–Trinajstić information content (AvgIpc) is 2.98. The van der Waals surface area contributed by atoms with Crippen LogP contribution in [0.25, 0.3) is 0 Å². The first-order valence-corrected chi connectivity index (χ1v) is 10.3. The molecular formula is C20H25F3N4OS. The molecule has 0 aliphatic carbocycles. The van der Waals surface area contributed by atoms with Crippen molar-refractivity contribution < 1.29 is 18.0 Å². The third-order valence-electron chi connectivity index (χ3n) is 5.28. The number of anilines is 1. The number of nitrogens with one attached hydrogen (secondary N) is 1. The summed E-state index contributed by atoms with van der Waals surface area (Å²) in [6.07, 6.45) is -4.31. The van der Waals surface area contributed by atoms with E-state index in [1.807, 2.05) is 20.8 Å². The Bertz CT molecular complexity index is 823. The summed E-state index contributed by atoms with van der Waals surface area (Å²) in [5, 5.41) is 3.51. The van der Waals surface area contributed by atoms with Crippen molar-refractivity contribution in [2.24, 2.45) is 0 Å². The summed E-state index contributed by atoms with van der Waals surface area (Å²) in [4.78, 5) is 22.3. The molecular weight excluding hydrogens is 401 g/mol. The zero-order chi connectivity index (χ0) is 21.2. The van der Waals surface area contributed by atoms with Gasteiger partial charge in [0.2, 0.25) is 5.91 Å². The van der Waals surface area contributed by atoms with Gasteiger partial charge in [-0.2, -0.15) is 13.2 Å². The van der Waals surface area contributed by atoms with Gasteiger partial charge in [-0.3, -0.25) is 14.6 Å². The van der Waals surface area contributed by atoms with E-state index >= 15 is 0 Å². The summed E-state index contributed by atoms with van der Waals surface area (Å²) < 4.78 is 38.0. The van der Waals surface area contributed by atoms with Crippen LogP contribution in [-0.4, -0.2) is 52.9 Å². The van der Waals surface area contributed by atoms with Gasteiger partial charge in [-0.1, -0.05) is 12.1 Å². The van der Waals surface area contributed by atoms with Gasteiger partial charge < -0.3 is 5.32 Å². The first-order chi connectivity index (χ1) is 13.6. The number of aromatic nitrogens is 1. The predicted octanol–water partition coefficient (Wildman–Crippen LogP) is 3.92. The van der Waals surface area contributed by atoms with Gasteiger partial charge in [0.15, 0.2) is 5.13 Å². The monoisotopic (exact) mass is 426 g/mol. The standard InChI is InChI=1S/C20H25F3N4OS/c1-13-15(3)29-19(24-13)25-18(28)14(2)27-10-8-26(9-11-27)12-16-4-6-17(7-5-16)20(21,22)23/h4-7,14H,8-12H2,1-3H3,(H,24,25,28). The first kappa shape index (κ1) is 21.7. The molecule has 3 rings (SSSR count). The van der Waals surface area contributed by atoms with E-state index in [-0.39, 0.29) is 11.9 Å². The minimum atomic E-state index is -4.31. The van der Waals surface area contributed by atoms with Gasteiger partial charge in [-0.25, -0.2) is 4.98 Å². The van der Waals surface area contributed by atoms with Crippen LogP contribution in [-0.2, 0) is 17.5 Å². The molecule has 1 aromatic carbocycles. The lowest BCUT2D eigenvalue weighted by atomic mass is 10.1. The largest absolute Gasteiger partial charge is 0.416 e. The number of rotatable bonds is 5. The highest BCUT2D eigenvalue weighted by Gasteiger charge is 2.30. The fourth-order valence-electron chi connectivity index (χ4n) is 3.27. The average molecular weight is 427 g/mol. The third-order valence-corrected chi connectivity index (χ3v) is 6.27. The Morgan fingerprint density at radius 3 is 2.31 bits per heavy atom. The lowest BCUT2D eigenvalue weighted by Gasteiger charge is -2.37. The third kappa shape index (κ3) is 5.55. The van der Waals surface area contributed by atoms with Gasteiger partial charge in [0.1, 0.15) is 0 Å². The number of aryl methyl sites for hydroxylation is 2. The van der Waals surface area contributed by atoms with E-state index in [0.717, 1.165) is 54.4 Å². The molecule has 0 bridgehead atoms. The number of hydrogen-bond acceptors (Lipinski definition) is 5. The fraction of sp³-hybridized carbons (Fsp3) is 0.500. The van der Waals surface area contributed by atoms with Crippen LogP contribution in [0.4, 0.5) is 18.3 Å². The number of piperazine rings is 1.